The van der Waals surface area contributed by atoms with E-state index in [1.54, 1.807) is 13.0 Å². The molecule has 2 rings (SSSR count). The summed E-state index contributed by atoms with van der Waals surface area (Å²) in [5, 5.41) is 3.77. The highest BCUT2D eigenvalue weighted by Gasteiger charge is 2.27. The maximum absolute atomic E-state index is 12.1. The number of amides is 1. The van der Waals surface area contributed by atoms with Gasteiger partial charge in [0.05, 0.1) is 0 Å². The van der Waals surface area contributed by atoms with Crippen molar-refractivity contribution >= 4 is 21.8 Å². The van der Waals surface area contributed by atoms with Gasteiger partial charge in [-0.1, -0.05) is 28.0 Å². The van der Waals surface area contributed by atoms with Gasteiger partial charge in [-0.05, 0) is 25.7 Å². The molecule has 5 heteroatoms. The molecule has 1 atom stereocenters. The smallest absolute Gasteiger partial charge is 0.276 e. The summed E-state index contributed by atoms with van der Waals surface area (Å²) in [7, 11) is 0. The van der Waals surface area contributed by atoms with Gasteiger partial charge >= 0.3 is 0 Å². The third-order valence-electron chi connectivity index (χ3n) is 3.32. The Balaban J connectivity index is 1.95. The van der Waals surface area contributed by atoms with E-state index in [1.807, 2.05) is 4.90 Å². The first-order valence-corrected chi connectivity index (χ1v) is 6.86. The zero-order chi connectivity index (χ0) is 12.4. The maximum atomic E-state index is 12.1. The number of likely N-dealkylation sites (tertiary alicyclic amines) is 1. The lowest BCUT2D eigenvalue weighted by atomic mass is 9.94. The molecule has 0 aromatic carbocycles. The van der Waals surface area contributed by atoms with E-state index in [2.05, 4.69) is 28.0 Å². The molecule has 94 valence electrons. The number of aromatic nitrogens is 1. The van der Waals surface area contributed by atoms with E-state index in [1.165, 1.54) is 0 Å². The van der Waals surface area contributed by atoms with E-state index in [4.69, 9.17) is 4.52 Å². The van der Waals surface area contributed by atoms with Gasteiger partial charge in [0.1, 0.15) is 5.76 Å². The molecular formula is C12H17BrN2O2. The highest BCUT2D eigenvalue weighted by Crippen LogP contribution is 2.25. The third kappa shape index (κ3) is 2.89. The van der Waals surface area contributed by atoms with Crippen LogP contribution in [0.3, 0.4) is 0 Å². The second-order valence-electron chi connectivity index (χ2n) is 4.63. The first kappa shape index (κ1) is 12.6. The molecule has 0 aliphatic carbocycles. The van der Waals surface area contributed by atoms with E-state index < -0.39 is 0 Å². The van der Waals surface area contributed by atoms with Crippen molar-refractivity contribution in [1.82, 2.24) is 10.1 Å². The van der Waals surface area contributed by atoms with Crippen molar-refractivity contribution in [2.45, 2.75) is 31.5 Å². The lowest BCUT2D eigenvalue weighted by Gasteiger charge is -2.32. The molecule has 0 bridgehead atoms. The molecular weight excluding hydrogens is 284 g/mol. The van der Waals surface area contributed by atoms with E-state index in [0.29, 0.717) is 22.2 Å². The molecule has 0 N–H and O–H groups in total. The number of aryl methyl sites for hydroxylation is 1. The second-order valence-corrected chi connectivity index (χ2v) is 6.07. The van der Waals surface area contributed by atoms with Gasteiger partial charge in [-0.2, -0.15) is 0 Å². The van der Waals surface area contributed by atoms with Crippen molar-refractivity contribution in [1.29, 1.82) is 0 Å². The molecule has 1 aromatic heterocycles. The Morgan fingerprint density at radius 1 is 1.59 bits per heavy atom. The van der Waals surface area contributed by atoms with Crippen molar-refractivity contribution in [3.8, 4) is 0 Å². The Morgan fingerprint density at radius 2 is 2.24 bits per heavy atom. The number of halogens is 1. The standard InChI is InChI=1S/C12H17BrN2O2/c1-8-7-11(14-17-8)12(16)15-5-3-10(4-6-15)9(2)13/h7,9-10H,3-6H2,1-2H3. The fraction of sp³-hybridized carbons (Fsp3) is 0.667. The summed E-state index contributed by atoms with van der Waals surface area (Å²) in [4.78, 5) is 14.5. The lowest BCUT2D eigenvalue weighted by Crippen LogP contribution is -2.40. The summed E-state index contributed by atoms with van der Waals surface area (Å²) >= 11 is 3.61. The van der Waals surface area contributed by atoms with Gasteiger partial charge in [0.25, 0.3) is 5.91 Å². The summed E-state index contributed by atoms with van der Waals surface area (Å²) in [6.07, 6.45) is 2.10. The number of rotatable bonds is 2. The summed E-state index contributed by atoms with van der Waals surface area (Å²) in [5.41, 5.74) is 0.424. The number of hydrogen-bond donors (Lipinski definition) is 0. The summed E-state index contributed by atoms with van der Waals surface area (Å²) in [5.74, 6) is 1.33. The second kappa shape index (κ2) is 5.21. The van der Waals surface area contributed by atoms with Crippen LogP contribution in [-0.2, 0) is 0 Å². The minimum atomic E-state index is -0.0116. The molecule has 0 saturated carbocycles. The molecule has 17 heavy (non-hydrogen) atoms. The predicted octanol–water partition coefficient (Wildman–Crippen LogP) is 2.62. The highest BCUT2D eigenvalue weighted by molar-refractivity contribution is 9.09. The van der Waals surface area contributed by atoms with Gasteiger partial charge in [0.2, 0.25) is 0 Å². The number of nitrogens with zero attached hydrogens (tertiary/aromatic N) is 2. The van der Waals surface area contributed by atoms with Gasteiger partial charge in [0.15, 0.2) is 5.69 Å². The van der Waals surface area contributed by atoms with Crippen LogP contribution in [0.4, 0.5) is 0 Å². The fourth-order valence-corrected chi connectivity index (χ4v) is 2.72. The molecule has 1 aliphatic heterocycles. The molecule has 4 nitrogen and oxygen atoms in total. The number of carbonyl (C=O) groups is 1. The van der Waals surface area contributed by atoms with E-state index in [0.717, 1.165) is 25.9 Å². The molecule has 1 aromatic rings. The zero-order valence-corrected chi connectivity index (χ0v) is 11.7. The molecule has 0 spiro atoms. The summed E-state index contributed by atoms with van der Waals surface area (Å²) in [6.45, 7) is 5.59. The van der Waals surface area contributed by atoms with Crippen molar-refractivity contribution < 1.29 is 9.32 Å². The average Bonchev–Trinajstić information content (AvgIpc) is 2.75. The SMILES string of the molecule is Cc1cc(C(=O)N2CCC(C(C)Br)CC2)no1. The summed E-state index contributed by atoms with van der Waals surface area (Å²) in [6, 6.07) is 1.70. The molecule has 0 radical (unpaired) electrons. The number of piperidine rings is 1. The molecule has 1 fully saturated rings. The Kier molecular flexibility index (Phi) is 3.86. The largest absolute Gasteiger partial charge is 0.361 e. The van der Waals surface area contributed by atoms with Crippen LogP contribution in [0.15, 0.2) is 10.6 Å². The van der Waals surface area contributed by atoms with Crippen LogP contribution in [0.2, 0.25) is 0 Å². The monoisotopic (exact) mass is 300 g/mol. The molecule has 1 amide bonds. The van der Waals surface area contributed by atoms with Crippen LogP contribution in [0, 0.1) is 12.8 Å². The van der Waals surface area contributed by atoms with Crippen LogP contribution in [0.25, 0.3) is 0 Å². The number of carbonyl (C=O) groups excluding carboxylic acids is 1. The molecule has 1 saturated heterocycles. The van der Waals surface area contributed by atoms with Crippen molar-refractivity contribution in [3.05, 3.63) is 17.5 Å². The quantitative estimate of drug-likeness (QED) is 0.789. The third-order valence-corrected chi connectivity index (χ3v) is 4.07. The topological polar surface area (TPSA) is 46.3 Å². The Labute approximate surface area is 109 Å². The van der Waals surface area contributed by atoms with Crippen LogP contribution >= 0.6 is 15.9 Å². The van der Waals surface area contributed by atoms with Gasteiger partial charge in [-0.15, -0.1) is 0 Å². The van der Waals surface area contributed by atoms with Crippen LogP contribution < -0.4 is 0 Å². The molecule has 2 heterocycles. The van der Waals surface area contributed by atoms with Crippen LogP contribution in [-0.4, -0.2) is 33.9 Å². The Bertz CT molecular complexity index is 395. The van der Waals surface area contributed by atoms with E-state index in [9.17, 15) is 4.79 Å². The van der Waals surface area contributed by atoms with Crippen LogP contribution in [0.1, 0.15) is 36.0 Å². The van der Waals surface area contributed by atoms with Crippen LogP contribution in [0.5, 0.6) is 0 Å². The Hall–Kier alpha value is -0.840. The maximum Gasteiger partial charge on any atom is 0.276 e. The van der Waals surface area contributed by atoms with E-state index in [-0.39, 0.29) is 5.91 Å². The average molecular weight is 301 g/mol. The van der Waals surface area contributed by atoms with Crippen molar-refractivity contribution in [2.24, 2.45) is 5.92 Å². The number of alkyl halides is 1. The van der Waals surface area contributed by atoms with Gasteiger partial charge in [0, 0.05) is 24.0 Å². The zero-order valence-electron chi connectivity index (χ0n) is 10.1. The normalized spacial score (nSPS) is 19.4. The highest BCUT2D eigenvalue weighted by atomic mass is 79.9. The minimum Gasteiger partial charge on any atom is -0.361 e. The van der Waals surface area contributed by atoms with Crippen molar-refractivity contribution in [3.63, 3.8) is 0 Å². The Morgan fingerprint density at radius 3 is 2.71 bits per heavy atom. The molecule has 1 aliphatic rings. The predicted molar refractivity (Wildman–Crippen MR) is 68.3 cm³/mol. The minimum absolute atomic E-state index is 0.0116. The first-order valence-electron chi connectivity index (χ1n) is 5.94. The van der Waals surface area contributed by atoms with Gasteiger partial charge in [-0.25, -0.2) is 0 Å². The van der Waals surface area contributed by atoms with Gasteiger partial charge < -0.3 is 9.42 Å². The molecule has 1 unspecified atom stereocenters. The number of hydrogen-bond acceptors (Lipinski definition) is 3. The fourth-order valence-electron chi connectivity index (χ4n) is 2.19. The van der Waals surface area contributed by atoms with Gasteiger partial charge in [-0.3, -0.25) is 4.79 Å². The summed E-state index contributed by atoms with van der Waals surface area (Å²) < 4.78 is 4.93. The van der Waals surface area contributed by atoms with Crippen molar-refractivity contribution in [2.75, 3.05) is 13.1 Å². The lowest BCUT2D eigenvalue weighted by molar-refractivity contribution is 0.0681. The first-order chi connectivity index (χ1) is 8.08. The van der Waals surface area contributed by atoms with E-state index >= 15 is 0 Å².